The summed E-state index contributed by atoms with van der Waals surface area (Å²) in [4.78, 5) is 2.49. The summed E-state index contributed by atoms with van der Waals surface area (Å²) in [5, 5.41) is 0. The second-order valence-electron chi connectivity index (χ2n) is 5.98. The lowest BCUT2D eigenvalue weighted by molar-refractivity contribution is 0.134. The first-order valence-corrected chi connectivity index (χ1v) is 7.30. The van der Waals surface area contributed by atoms with Crippen molar-refractivity contribution in [1.29, 1.82) is 0 Å². The maximum atomic E-state index is 5.99. The lowest BCUT2D eigenvalue weighted by Gasteiger charge is -2.34. The number of nitrogens with zero attached hydrogens (tertiary/aromatic N) is 1. The van der Waals surface area contributed by atoms with Crippen LogP contribution in [0, 0.1) is 5.92 Å². The molecule has 1 saturated heterocycles. The molecule has 1 aliphatic heterocycles. The summed E-state index contributed by atoms with van der Waals surface area (Å²) in [7, 11) is 0. The first kappa shape index (κ1) is 12.2. The van der Waals surface area contributed by atoms with Crippen molar-refractivity contribution < 1.29 is 4.42 Å². The molecule has 3 nitrogen and oxygen atoms in total. The first-order valence-electron chi connectivity index (χ1n) is 7.30. The highest BCUT2D eigenvalue weighted by Crippen LogP contribution is 2.47. The summed E-state index contributed by atoms with van der Waals surface area (Å²) in [6, 6.07) is 4.88. The highest BCUT2D eigenvalue weighted by molar-refractivity contribution is 5.17. The summed E-state index contributed by atoms with van der Waals surface area (Å²) in [6.45, 7) is 5.16. The number of hydrogen-bond acceptors (Lipinski definition) is 3. The third kappa shape index (κ3) is 2.47. The molecule has 0 aromatic carbocycles. The fourth-order valence-corrected chi connectivity index (χ4v) is 3.13. The standard InChI is InChI=1S/C15H24N2O/c1-11-8-14(11)15-6-5-13(18-15)10-17-7-3-2-4-12(17)9-16/h5-6,11-12,14H,2-4,7-10,16H2,1H3. The Balaban J connectivity index is 1.62. The number of likely N-dealkylation sites (tertiary alicyclic amines) is 1. The molecular weight excluding hydrogens is 224 g/mol. The van der Waals surface area contributed by atoms with Crippen LogP contribution in [0.1, 0.15) is 50.0 Å². The van der Waals surface area contributed by atoms with Crippen molar-refractivity contribution in [2.24, 2.45) is 11.7 Å². The zero-order chi connectivity index (χ0) is 12.5. The quantitative estimate of drug-likeness (QED) is 0.891. The average Bonchev–Trinajstić information content (AvgIpc) is 2.94. The van der Waals surface area contributed by atoms with E-state index in [1.807, 2.05) is 0 Å². The Labute approximate surface area is 109 Å². The molecule has 3 rings (SSSR count). The molecule has 1 aromatic rings. The summed E-state index contributed by atoms with van der Waals surface area (Å²) in [5.74, 6) is 3.81. The number of rotatable bonds is 4. The summed E-state index contributed by atoms with van der Waals surface area (Å²) in [5.41, 5.74) is 5.86. The number of nitrogens with two attached hydrogens (primary N) is 1. The Bertz CT molecular complexity index is 401. The van der Waals surface area contributed by atoms with Gasteiger partial charge in [-0.3, -0.25) is 4.90 Å². The van der Waals surface area contributed by atoms with Gasteiger partial charge < -0.3 is 10.2 Å². The predicted octanol–water partition coefficient (Wildman–Crippen LogP) is 2.72. The molecule has 2 fully saturated rings. The highest BCUT2D eigenvalue weighted by Gasteiger charge is 2.36. The van der Waals surface area contributed by atoms with Crippen molar-refractivity contribution >= 4 is 0 Å². The van der Waals surface area contributed by atoms with Gasteiger partial charge in [0.1, 0.15) is 11.5 Å². The third-order valence-electron chi connectivity index (χ3n) is 4.54. The van der Waals surface area contributed by atoms with Gasteiger partial charge >= 0.3 is 0 Å². The fraction of sp³-hybridized carbons (Fsp3) is 0.733. The monoisotopic (exact) mass is 248 g/mol. The van der Waals surface area contributed by atoms with Crippen molar-refractivity contribution in [1.82, 2.24) is 4.90 Å². The molecule has 1 saturated carbocycles. The van der Waals surface area contributed by atoms with Crippen LogP contribution in [0.3, 0.4) is 0 Å². The predicted molar refractivity (Wildman–Crippen MR) is 72.3 cm³/mol. The van der Waals surface area contributed by atoms with Gasteiger partial charge in [-0.05, 0) is 43.9 Å². The van der Waals surface area contributed by atoms with E-state index in [-0.39, 0.29) is 0 Å². The Morgan fingerprint density at radius 3 is 2.94 bits per heavy atom. The normalized spacial score (nSPS) is 32.7. The minimum atomic E-state index is 0.548. The van der Waals surface area contributed by atoms with Crippen molar-refractivity contribution in [2.75, 3.05) is 13.1 Å². The Morgan fingerprint density at radius 1 is 1.39 bits per heavy atom. The van der Waals surface area contributed by atoms with Crippen LogP contribution in [0.4, 0.5) is 0 Å². The van der Waals surface area contributed by atoms with E-state index in [9.17, 15) is 0 Å². The van der Waals surface area contributed by atoms with Gasteiger partial charge in [0.05, 0.1) is 6.54 Å². The van der Waals surface area contributed by atoms with Crippen molar-refractivity contribution in [3.63, 3.8) is 0 Å². The third-order valence-corrected chi connectivity index (χ3v) is 4.54. The lowest BCUT2D eigenvalue weighted by Crippen LogP contribution is -2.43. The molecule has 0 spiro atoms. The van der Waals surface area contributed by atoms with Crippen LogP contribution in [-0.4, -0.2) is 24.0 Å². The molecule has 3 atom stereocenters. The molecule has 1 aliphatic carbocycles. The van der Waals surface area contributed by atoms with Gasteiger partial charge in [-0.25, -0.2) is 0 Å². The zero-order valence-corrected chi connectivity index (χ0v) is 11.3. The summed E-state index contributed by atoms with van der Waals surface area (Å²) < 4.78 is 5.99. The van der Waals surface area contributed by atoms with Gasteiger partial charge in [0.15, 0.2) is 0 Å². The second kappa shape index (κ2) is 5.06. The van der Waals surface area contributed by atoms with Crippen molar-refractivity contribution in [2.45, 2.75) is 51.1 Å². The topological polar surface area (TPSA) is 42.4 Å². The zero-order valence-electron chi connectivity index (χ0n) is 11.3. The summed E-state index contributed by atoms with van der Waals surface area (Å²) in [6.07, 6.45) is 5.15. The van der Waals surface area contributed by atoms with E-state index < -0.39 is 0 Å². The molecule has 2 aliphatic rings. The SMILES string of the molecule is CC1CC1c1ccc(CN2CCCCC2CN)o1. The Hall–Kier alpha value is -0.800. The Morgan fingerprint density at radius 2 is 2.22 bits per heavy atom. The minimum absolute atomic E-state index is 0.548. The minimum Gasteiger partial charge on any atom is -0.464 e. The van der Waals surface area contributed by atoms with Gasteiger partial charge in [-0.15, -0.1) is 0 Å². The number of piperidine rings is 1. The van der Waals surface area contributed by atoms with Crippen molar-refractivity contribution in [3.05, 3.63) is 23.7 Å². The van der Waals surface area contributed by atoms with Crippen LogP contribution in [0.2, 0.25) is 0 Å². The smallest absolute Gasteiger partial charge is 0.118 e. The van der Waals surface area contributed by atoms with E-state index in [0.717, 1.165) is 31.3 Å². The molecule has 2 N–H and O–H groups in total. The molecule has 18 heavy (non-hydrogen) atoms. The molecular formula is C15H24N2O. The van der Waals surface area contributed by atoms with E-state index in [2.05, 4.69) is 24.0 Å². The Kier molecular flexibility index (Phi) is 3.44. The molecule has 0 radical (unpaired) electrons. The molecule has 0 amide bonds. The molecule has 3 heteroatoms. The molecule has 1 aromatic heterocycles. The van der Waals surface area contributed by atoms with E-state index in [0.29, 0.717) is 12.0 Å². The number of furan rings is 1. The average molecular weight is 248 g/mol. The van der Waals surface area contributed by atoms with Crippen LogP contribution in [0.15, 0.2) is 16.5 Å². The maximum absolute atomic E-state index is 5.99. The molecule has 100 valence electrons. The van der Waals surface area contributed by atoms with E-state index in [1.54, 1.807) is 0 Å². The van der Waals surface area contributed by atoms with E-state index in [1.165, 1.54) is 31.4 Å². The lowest BCUT2D eigenvalue weighted by atomic mass is 10.0. The molecule has 3 unspecified atom stereocenters. The number of hydrogen-bond donors (Lipinski definition) is 1. The van der Waals surface area contributed by atoms with E-state index >= 15 is 0 Å². The van der Waals surface area contributed by atoms with Crippen LogP contribution < -0.4 is 5.73 Å². The van der Waals surface area contributed by atoms with Gasteiger partial charge in [-0.2, -0.15) is 0 Å². The molecule has 0 bridgehead atoms. The van der Waals surface area contributed by atoms with Gasteiger partial charge in [0, 0.05) is 18.5 Å². The second-order valence-corrected chi connectivity index (χ2v) is 5.98. The van der Waals surface area contributed by atoms with Crippen LogP contribution in [0.25, 0.3) is 0 Å². The van der Waals surface area contributed by atoms with Crippen molar-refractivity contribution in [3.8, 4) is 0 Å². The molecule has 2 heterocycles. The van der Waals surface area contributed by atoms with E-state index in [4.69, 9.17) is 10.2 Å². The first-order chi connectivity index (χ1) is 8.78. The maximum Gasteiger partial charge on any atom is 0.118 e. The van der Waals surface area contributed by atoms with Gasteiger partial charge in [0.2, 0.25) is 0 Å². The summed E-state index contributed by atoms with van der Waals surface area (Å²) >= 11 is 0. The van der Waals surface area contributed by atoms with Crippen LogP contribution >= 0.6 is 0 Å². The van der Waals surface area contributed by atoms with Crippen LogP contribution in [0.5, 0.6) is 0 Å². The largest absolute Gasteiger partial charge is 0.464 e. The van der Waals surface area contributed by atoms with Gasteiger partial charge in [-0.1, -0.05) is 13.3 Å². The highest BCUT2D eigenvalue weighted by atomic mass is 16.3. The van der Waals surface area contributed by atoms with Crippen LogP contribution in [-0.2, 0) is 6.54 Å². The van der Waals surface area contributed by atoms with Gasteiger partial charge in [0.25, 0.3) is 0 Å². The fourth-order valence-electron chi connectivity index (χ4n) is 3.13.